The van der Waals surface area contributed by atoms with Gasteiger partial charge in [0, 0.05) is 13.6 Å². The Bertz CT molecular complexity index is 1070. The lowest BCUT2D eigenvalue weighted by molar-refractivity contribution is -0.140. The number of sulfonamides is 1. The highest BCUT2D eigenvalue weighted by atomic mass is 32.2. The molecule has 0 heterocycles. The van der Waals surface area contributed by atoms with E-state index in [1.165, 1.54) is 36.2 Å². The number of likely N-dealkylation sites (N-methyl/N-ethyl adjacent to an activating group) is 1. The van der Waals surface area contributed by atoms with Gasteiger partial charge in [-0.25, -0.2) is 12.8 Å². The second-order valence-corrected chi connectivity index (χ2v) is 9.65. The maximum atomic E-state index is 13.4. The minimum atomic E-state index is -3.78. The zero-order valence-electron chi connectivity index (χ0n) is 19.1. The molecule has 9 heteroatoms. The first-order valence-corrected chi connectivity index (χ1v) is 12.1. The van der Waals surface area contributed by atoms with Crippen molar-refractivity contribution in [3.8, 4) is 0 Å². The Kier molecular flexibility index (Phi) is 8.38. The SMILES string of the molecule is CC[C@H](C(=O)NC)N(Cc1ccc(F)cc1)C(=O)CN(c1ccc(C)cc1C)S(C)(=O)=O. The Morgan fingerprint density at radius 3 is 2.22 bits per heavy atom. The number of amides is 2. The predicted molar refractivity (Wildman–Crippen MR) is 123 cm³/mol. The fourth-order valence-corrected chi connectivity index (χ4v) is 4.46. The number of carbonyl (C=O) groups is 2. The summed E-state index contributed by atoms with van der Waals surface area (Å²) in [6, 6.07) is 10.1. The lowest BCUT2D eigenvalue weighted by Gasteiger charge is -2.33. The highest BCUT2D eigenvalue weighted by Crippen LogP contribution is 2.24. The highest BCUT2D eigenvalue weighted by molar-refractivity contribution is 7.92. The van der Waals surface area contributed by atoms with E-state index in [-0.39, 0.29) is 12.5 Å². The number of carbonyl (C=O) groups excluding carboxylic acids is 2. The number of benzene rings is 2. The molecule has 0 aliphatic heterocycles. The molecule has 0 aliphatic rings. The maximum Gasteiger partial charge on any atom is 0.244 e. The van der Waals surface area contributed by atoms with Gasteiger partial charge in [-0.1, -0.05) is 36.8 Å². The molecule has 1 N–H and O–H groups in total. The molecule has 2 amide bonds. The molecule has 0 spiro atoms. The molecule has 2 aromatic rings. The van der Waals surface area contributed by atoms with E-state index in [0.717, 1.165) is 16.1 Å². The fourth-order valence-electron chi connectivity index (χ4n) is 3.55. The van der Waals surface area contributed by atoms with E-state index >= 15 is 0 Å². The number of aryl methyl sites for hydroxylation is 2. The van der Waals surface area contributed by atoms with E-state index in [4.69, 9.17) is 0 Å². The van der Waals surface area contributed by atoms with Crippen molar-refractivity contribution in [2.75, 3.05) is 24.2 Å². The van der Waals surface area contributed by atoms with Gasteiger partial charge in [-0.05, 0) is 49.6 Å². The quantitative estimate of drug-likeness (QED) is 0.620. The van der Waals surface area contributed by atoms with Crippen molar-refractivity contribution in [1.82, 2.24) is 10.2 Å². The van der Waals surface area contributed by atoms with Crippen LogP contribution in [0, 0.1) is 19.7 Å². The van der Waals surface area contributed by atoms with Crippen molar-refractivity contribution in [3.05, 3.63) is 65.0 Å². The third-order valence-electron chi connectivity index (χ3n) is 5.20. The van der Waals surface area contributed by atoms with Crippen LogP contribution >= 0.6 is 0 Å². The molecule has 7 nitrogen and oxygen atoms in total. The lowest BCUT2D eigenvalue weighted by Crippen LogP contribution is -2.51. The summed E-state index contributed by atoms with van der Waals surface area (Å²) in [5, 5.41) is 2.55. The number of nitrogens with zero attached hydrogens (tertiary/aromatic N) is 2. The van der Waals surface area contributed by atoms with Gasteiger partial charge in [-0.3, -0.25) is 13.9 Å². The number of rotatable bonds is 9. The molecule has 0 saturated heterocycles. The predicted octanol–water partition coefficient (Wildman–Crippen LogP) is 2.76. The van der Waals surface area contributed by atoms with Crippen molar-refractivity contribution in [2.24, 2.45) is 0 Å². The Labute approximate surface area is 189 Å². The summed E-state index contributed by atoms with van der Waals surface area (Å²) in [6.07, 6.45) is 1.37. The second kappa shape index (κ2) is 10.6. The summed E-state index contributed by atoms with van der Waals surface area (Å²) >= 11 is 0. The molecule has 0 bridgehead atoms. The molecule has 0 aliphatic carbocycles. The van der Waals surface area contributed by atoms with Crippen LogP contribution in [-0.4, -0.2) is 51.0 Å². The van der Waals surface area contributed by atoms with Gasteiger partial charge in [0.15, 0.2) is 0 Å². The summed E-state index contributed by atoms with van der Waals surface area (Å²) in [6.45, 7) is 5.02. The molecule has 2 aromatic carbocycles. The fraction of sp³-hybridized carbons (Fsp3) is 0.391. The van der Waals surface area contributed by atoms with E-state index in [1.54, 1.807) is 26.0 Å². The van der Waals surface area contributed by atoms with Crippen LogP contribution in [0.4, 0.5) is 10.1 Å². The molecule has 2 rings (SSSR count). The Hall–Kier alpha value is -2.94. The van der Waals surface area contributed by atoms with Gasteiger partial charge in [0.25, 0.3) is 0 Å². The average molecular weight is 464 g/mol. The van der Waals surface area contributed by atoms with Gasteiger partial charge in [0.2, 0.25) is 21.8 Å². The third kappa shape index (κ3) is 6.29. The molecule has 0 fully saturated rings. The molecule has 32 heavy (non-hydrogen) atoms. The normalized spacial score (nSPS) is 12.2. The van der Waals surface area contributed by atoms with Crippen LogP contribution in [0.25, 0.3) is 0 Å². The molecule has 0 aromatic heterocycles. The number of halogens is 1. The van der Waals surface area contributed by atoms with Gasteiger partial charge in [-0.15, -0.1) is 0 Å². The second-order valence-electron chi connectivity index (χ2n) is 7.75. The Balaban J connectivity index is 2.45. The summed E-state index contributed by atoms with van der Waals surface area (Å²) in [5.74, 6) is -1.31. The first kappa shape index (κ1) is 25.3. The van der Waals surface area contributed by atoms with E-state index in [1.807, 2.05) is 13.0 Å². The molecule has 0 unspecified atom stereocenters. The monoisotopic (exact) mass is 463 g/mol. The molecule has 0 radical (unpaired) electrons. The minimum Gasteiger partial charge on any atom is -0.357 e. The topological polar surface area (TPSA) is 86.8 Å². The van der Waals surface area contributed by atoms with Gasteiger partial charge in [-0.2, -0.15) is 0 Å². The smallest absolute Gasteiger partial charge is 0.244 e. The van der Waals surface area contributed by atoms with Crippen molar-refractivity contribution in [3.63, 3.8) is 0 Å². The molecule has 174 valence electrons. The number of hydrogen-bond acceptors (Lipinski definition) is 4. The lowest BCUT2D eigenvalue weighted by atomic mass is 10.1. The van der Waals surface area contributed by atoms with Gasteiger partial charge < -0.3 is 10.2 Å². The van der Waals surface area contributed by atoms with Crippen molar-refractivity contribution in [1.29, 1.82) is 0 Å². The Morgan fingerprint density at radius 1 is 1.09 bits per heavy atom. The maximum absolute atomic E-state index is 13.4. The van der Waals surface area contributed by atoms with E-state index in [9.17, 15) is 22.4 Å². The van der Waals surface area contributed by atoms with Gasteiger partial charge >= 0.3 is 0 Å². The molecule has 1 atom stereocenters. The zero-order chi connectivity index (χ0) is 24.1. The van der Waals surface area contributed by atoms with E-state index in [2.05, 4.69) is 5.32 Å². The van der Waals surface area contributed by atoms with Crippen molar-refractivity contribution < 1.29 is 22.4 Å². The van der Waals surface area contributed by atoms with Gasteiger partial charge in [0.1, 0.15) is 18.4 Å². The minimum absolute atomic E-state index is 0.0372. The average Bonchev–Trinajstić information content (AvgIpc) is 2.72. The number of nitrogens with one attached hydrogen (secondary N) is 1. The van der Waals surface area contributed by atoms with Crippen LogP contribution in [-0.2, 0) is 26.2 Å². The number of hydrogen-bond donors (Lipinski definition) is 1. The Morgan fingerprint density at radius 2 is 1.72 bits per heavy atom. The summed E-state index contributed by atoms with van der Waals surface area (Å²) in [7, 11) is -2.31. The van der Waals surface area contributed by atoms with E-state index in [0.29, 0.717) is 23.2 Å². The standard InChI is InChI=1S/C23H30FN3O4S/c1-6-20(23(29)25-4)26(14-18-8-10-19(24)11-9-18)22(28)15-27(32(5,30)31)21-12-7-16(2)13-17(21)3/h7-13,20H,6,14-15H2,1-5H3,(H,25,29)/t20-/m1/s1. The molecular weight excluding hydrogens is 433 g/mol. The summed E-state index contributed by atoms with van der Waals surface area (Å²) < 4.78 is 39.6. The first-order valence-electron chi connectivity index (χ1n) is 10.3. The molecular formula is C23H30FN3O4S. The van der Waals surface area contributed by atoms with E-state index < -0.39 is 34.3 Å². The van der Waals surface area contributed by atoms with Crippen LogP contribution in [0.15, 0.2) is 42.5 Å². The van der Waals surface area contributed by atoms with Crippen molar-refractivity contribution in [2.45, 2.75) is 39.8 Å². The van der Waals surface area contributed by atoms with Crippen LogP contribution in [0.3, 0.4) is 0 Å². The van der Waals surface area contributed by atoms with Crippen LogP contribution < -0.4 is 9.62 Å². The van der Waals surface area contributed by atoms with Crippen LogP contribution in [0.1, 0.15) is 30.0 Å². The molecule has 0 saturated carbocycles. The highest BCUT2D eigenvalue weighted by Gasteiger charge is 2.31. The summed E-state index contributed by atoms with van der Waals surface area (Å²) in [5.41, 5.74) is 2.71. The van der Waals surface area contributed by atoms with Gasteiger partial charge in [0.05, 0.1) is 11.9 Å². The first-order chi connectivity index (χ1) is 15.0. The summed E-state index contributed by atoms with van der Waals surface area (Å²) in [4.78, 5) is 27.2. The van der Waals surface area contributed by atoms with Crippen molar-refractivity contribution >= 4 is 27.5 Å². The third-order valence-corrected chi connectivity index (χ3v) is 6.33. The zero-order valence-corrected chi connectivity index (χ0v) is 19.9. The largest absolute Gasteiger partial charge is 0.357 e. The van der Waals surface area contributed by atoms with Crippen LogP contribution in [0.5, 0.6) is 0 Å². The van der Waals surface area contributed by atoms with Crippen LogP contribution in [0.2, 0.25) is 0 Å². The number of anilines is 1.